The van der Waals surface area contributed by atoms with E-state index in [9.17, 15) is 9.90 Å². The summed E-state index contributed by atoms with van der Waals surface area (Å²) in [6.45, 7) is 1.83. The molecule has 1 aliphatic rings. The molecule has 1 aromatic rings. The Bertz CT molecular complexity index is 359. The molecule has 0 heterocycles. The maximum Gasteiger partial charge on any atom is 0.223 e. The Morgan fingerprint density at radius 1 is 1.38 bits per heavy atom. The second kappa shape index (κ2) is 4.66. The van der Waals surface area contributed by atoms with Gasteiger partial charge >= 0.3 is 0 Å². The lowest BCUT2D eigenvalue weighted by Gasteiger charge is -2.20. The van der Waals surface area contributed by atoms with Gasteiger partial charge in [0, 0.05) is 5.92 Å². The largest absolute Gasteiger partial charge is 0.386 e. The van der Waals surface area contributed by atoms with Gasteiger partial charge in [0.2, 0.25) is 5.91 Å². The Hall–Kier alpha value is -1.35. The molecule has 1 amide bonds. The molecule has 1 aromatic carbocycles. The summed E-state index contributed by atoms with van der Waals surface area (Å²) in [5, 5.41) is 12.9. The first-order valence-electron chi connectivity index (χ1n) is 5.72. The van der Waals surface area contributed by atoms with Gasteiger partial charge in [-0.2, -0.15) is 0 Å². The van der Waals surface area contributed by atoms with Crippen LogP contribution in [0.25, 0.3) is 0 Å². The van der Waals surface area contributed by atoms with Gasteiger partial charge in [0.25, 0.3) is 0 Å². The zero-order valence-electron chi connectivity index (χ0n) is 9.39. The highest BCUT2D eigenvalue weighted by atomic mass is 16.3. The summed E-state index contributed by atoms with van der Waals surface area (Å²) in [5.41, 5.74) is 0.839. The average Bonchev–Trinajstić information content (AvgIpc) is 3.13. The number of benzene rings is 1. The molecule has 86 valence electrons. The Kier molecular flexibility index (Phi) is 3.25. The van der Waals surface area contributed by atoms with Crippen molar-refractivity contribution in [2.75, 3.05) is 0 Å². The molecule has 3 nitrogen and oxygen atoms in total. The molecule has 0 bridgehead atoms. The monoisotopic (exact) mass is 219 g/mol. The van der Waals surface area contributed by atoms with Crippen molar-refractivity contribution in [3.8, 4) is 0 Å². The number of carbonyl (C=O) groups is 1. The number of amides is 1. The molecule has 2 atom stereocenters. The smallest absolute Gasteiger partial charge is 0.223 e. The third-order valence-corrected chi connectivity index (χ3v) is 2.93. The summed E-state index contributed by atoms with van der Waals surface area (Å²) < 4.78 is 0. The molecule has 16 heavy (non-hydrogen) atoms. The normalized spacial score (nSPS) is 18.9. The molecule has 1 saturated carbocycles. The van der Waals surface area contributed by atoms with Crippen molar-refractivity contribution in [2.45, 2.75) is 31.9 Å². The van der Waals surface area contributed by atoms with Crippen LogP contribution < -0.4 is 5.32 Å². The van der Waals surface area contributed by atoms with Crippen LogP contribution in [0.4, 0.5) is 0 Å². The topological polar surface area (TPSA) is 49.3 Å². The predicted octanol–water partition coefficient (Wildman–Crippen LogP) is 1.63. The van der Waals surface area contributed by atoms with Crippen molar-refractivity contribution >= 4 is 5.91 Å². The zero-order valence-corrected chi connectivity index (χ0v) is 9.39. The third-order valence-electron chi connectivity index (χ3n) is 2.93. The van der Waals surface area contributed by atoms with Gasteiger partial charge in [-0.3, -0.25) is 4.79 Å². The highest BCUT2D eigenvalue weighted by molar-refractivity contribution is 5.81. The standard InChI is InChI=1S/C13H17NO2/c1-9(14-13(16)11-7-8-11)12(15)10-5-3-2-4-6-10/h2-6,9,11-12,15H,7-8H2,1H3,(H,14,16)/t9-,12-/m0/s1. The summed E-state index contributed by atoms with van der Waals surface area (Å²) in [6.07, 6.45) is 1.34. The fourth-order valence-corrected chi connectivity index (χ4v) is 1.71. The average molecular weight is 219 g/mol. The van der Waals surface area contributed by atoms with E-state index >= 15 is 0 Å². The van der Waals surface area contributed by atoms with Gasteiger partial charge in [-0.15, -0.1) is 0 Å². The van der Waals surface area contributed by atoms with E-state index in [-0.39, 0.29) is 17.9 Å². The molecule has 3 heteroatoms. The van der Waals surface area contributed by atoms with Crippen molar-refractivity contribution < 1.29 is 9.90 Å². The fourth-order valence-electron chi connectivity index (χ4n) is 1.71. The molecule has 0 aliphatic heterocycles. The predicted molar refractivity (Wildman–Crippen MR) is 61.7 cm³/mol. The molecule has 0 saturated heterocycles. The van der Waals surface area contributed by atoms with Crippen LogP contribution >= 0.6 is 0 Å². The highest BCUT2D eigenvalue weighted by Crippen LogP contribution is 2.29. The lowest BCUT2D eigenvalue weighted by Crippen LogP contribution is -2.37. The van der Waals surface area contributed by atoms with Gasteiger partial charge in [0.15, 0.2) is 0 Å². The maximum absolute atomic E-state index is 11.5. The zero-order chi connectivity index (χ0) is 11.5. The van der Waals surface area contributed by atoms with E-state index in [1.54, 1.807) is 0 Å². The quantitative estimate of drug-likeness (QED) is 0.808. The Morgan fingerprint density at radius 2 is 2.00 bits per heavy atom. The molecular weight excluding hydrogens is 202 g/mol. The number of aliphatic hydroxyl groups excluding tert-OH is 1. The van der Waals surface area contributed by atoms with E-state index in [0.29, 0.717) is 0 Å². The van der Waals surface area contributed by atoms with Crippen molar-refractivity contribution in [3.63, 3.8) is 0 Å². The Labute approximate surface area is 95.5 Å². The number of hydrogen-bond donors (Lipinski definition) is 2. The third kappa shape index (κ3) is 2.61. The van der Waals surface area contributed by atoms with E-state index in [1.807, 2.05) is 37.3 Å². The molecule has 2 N–H and O–H groups in total. The van der Waals surface area contributed by atoms with E-state index in [2.05, 4.69) is 5.32 Å². The molecule has 1 fully saturated rings. The Balaban J connectivity index is 1.93. The summed E-state index contributed by atoms with van der Waals surface area (Å²) in [5.74, 6) is 0.257. The van der Waals surface area contributed by atoms with Crippen LogP contribution in [0.15, 0.2) is 30.3 Å². The van der Waals surface area contributed by atoms with Crippen LogP contribution in [0.5, 0.6) is 0 Å². The second-order valence-electron chi connectivity index (χ2n) is 4.43. The minimum atomic E-state index is -0.635. The molecule has 0 unspecified atom stereocenters. The van der Waals surface area contributed by atoms with E-state index in [0.717, 1.165) is 18.4 Å². The van der Waals surface area contributed by atoms with E-state index < -0.39 is 6.10 Å². The van der Waals surface area contributed by atoms with E-state index in [4.69, 9.17) is 0 Å². The lowest BCUT2D eigenvalue weighted by molar-refractivity contribution is -0.123. The van der Waals surface area contributed by atoms with Gasteiger partial charge in [0.05, 0.1) is 12.1 Å². The first-order valence-corrected chi connectivity index (χ1v) is 5.72. The van der Waals surface area contributed by atoms with Crippen LogP contribution in [-0.2, 0) is 4.79 Å². The van der Waals surface area contributed by atoms with Crippen LogP contribution in [0.3, 0.4) is 0 Å². The number of aliphatic hydroxyl groups is 1. The maximum atomic E-state index is 11.5. The molecule has 0 aromatic heterocycles. The van der Waals surface area contributed by atoms with Crippen molar-refractivity contribution in [2.24, 2.45) is 5.92 Å². The van der Waals surface area contributed by atoms with Crippen LogP contribution in [0.2, 0.25) is 0 Å². The number of carbonyl (C=O) groups excluding carboxylic acids is 1. The second-order valence-corrected chi connectivity index (χ2v) is 4.43. The van der Waals surface area contributed by atoms with Gasteiger partial charge in [-0.25, -0.2) is 0 Å². The summed E-state index contributed by atoms with van der Waals surface area (Å²) in [4.78, 5) is 11.5. The van der Waals surface area contributed by atoms with E-state index in [1.165, 1.54) is 0 Å². The first kappa shape index (κ1) is 11.1. The molecule has 2 rings (SSSR count). The van der Waals surface area contributed by atoms with Crippen LogP contribution in [0.1, 0.15) is 31.4 Å². The fraction of sp³-hybridized carbons (Fsp3) is 0.462. The van der Waals surface area contributed by atoms with Crippen molar-refractivity contribution in [1.82, 2.24) is 5.32 Å². The van der Waals surface area contributed by atoms with Crippen LogP contribution in [0, 0.1) is 5.92 Å². The SMILES string of the molecule is C[C@H](NC(=O)C1CC1)[C@H](O)c1ccccc1. The lowest BCUT2D eigenvalue weighted by atomic mass is 10.0. The highest BCUT2D eigenvalue weighted by Gasteiger charge is 2.31. The molecule has 1 aliphatic carbocycles. The van der Waals surface area contributed by atoms with Crippen molar-refractivity contribution in [1.29, 1.82) is 0 Å². The first-order chi connectivity index (χ1) is 7.68. The van der Waals surface area contributed by atoms with Gasteiger partial charge in [-0.1, -0.05) is 30.3 Å². The van der Waals surface area contributed by atoms with Gasteiger partial charge in [-0.05, 0) is 25.3 Å². The van der Waals surface area contributed by atoms with Gasteiger partial charge in [0.1, 0.15) is 0 Å². The van der Waals surface area contributed by atoms with Crippen molar-refractivity contribution in [3.05, 3.63) is 35.9 Å². The summed E-state index contributed by atoms with van der Waals surface area (Å²) >= 11 is 0. The summed E-state index contributed by atoms with van der Waals surface area (Å²) in [7, 11) is 0. The minimum absolute atomic E-state index is 0.0717. The molecule has 0 radical (unpaired) electrons. The summed E-state index contributed by atoms with van der Waals surface area (Å²) in [6, 6.07) is 9.16. The molecule has 0 spiro atoms. The number of hydrogen-bond acceptors (Lipinski definition) is 2. The number of nitrogens with one attached hydrogen (secondary N) is 1. The van der Waals surface area contributed by atoms with Crippen LogP contribution in [-0.4, -0.2) is 17.1 Å². The minimum Gasteiger partial charge on any atom is -0.386 e. The molecular formula is C13H17NO2. The number of rotatable bonds is 4. The Morgan fingerprint density at radius 3 is 2.56 bits per heavy atom. The van der Waals surface area contributed by atoms with Gasteiger partial charge < -0.3 is 10.4 Å².